The maximum absolute atomic E-state index is 12.9. The zero-order chi connectivity index (χ0) is 21.7. The molecule has 0 unspecified atom stereocenters. The molecular formula is C19H17FN4O4S2. The fourth-order valence-corrected chi connectivity index (χ4v) is 3.72. The van der Waals surface area contributed by atoms with Gasteiger partial charge in [0.1, 0.15) is 5.82 Å². The lowest BCUT2D eigenvalue weighted by Crippen LogP contribution is -2.15. The van der Waals surface area contributed by atoms with Crippen molar-refractivity contribution >= 4 is 49.7 Å². The van der Waals surface area contributed by atoms with Crippen molar-refractivity contribution in [2.24, 2.45) is 0 Å². The van der Waals surface area contributed by atoms with Gasteiger partial charge in [-0.05, 0) is 42.5 Å². The van der Waals surface area contributed by atoms with Gasteiger partial charge in [0.05, 0.1) is 24.1 Å². The summed E-state index contributed by atoms with van der Waals surface area (Å²) in [5, 5.41) is 7.22. The van der Waals surface area contributed by atoms with E-state index >= 15 is 0 Å². The van der Waals surface area contributed by atoms with E-state index < -0.39 is 21.7 Å². The lowest BCUT2D eigenvalue weighted by molar-refractivity contribution is -0.115. The number of halogens is 1. The minimum absolute atomic E-state index is 0.0351. The number of nitrogens with zero attached hydrogens (tertiary/aromatic N) is 1. The first-order chi connectivity index (χ1) is 14.2. The molecule has 0 radical (unpaired) electrons. The fraction of sp³-hybridized carbons (Fsp3) is 0.105. The maximum atomic E-state index is 12.9. The number of carbonyl (C=O) groups is 2. The molecule has 0 aliphatic rings. The van der Waals surface area contributed by atoms with E-state index in [1.54, 1.807) is 23.6 Å². The molecule has 0 atom stereocenters. The minimum Gasteiger partial charge on any atom is -0.326 e. The van der Waals surface area contributed by atoms with Crippen LogP contribution in [0.2, 0.25) is 0 Å². The van der Waals surface area contributed by atoms with E-state index in [0.717, 1.165) is 17.6 Å². The molecule has 30 heavy (non-hydrogen) atoms. The van der Waals surface area contributed by atoms with Gasteiger partial charge in [-0.15, -0.1) is 11.3 Å². The van der Waals surface area contributed by atoms with Gasteiger partial charge in [-0.3, -0.25) is 19.6 Å². The summed E-state index contributed by atoms with van der Waals surface area (Å²) < 4.78 is 37.9. The summed E-state index contributed by atoms with van der Waals surface area (Å²) in [6.07, 6.45) is 1.000. The second-order valence-corrected chi connectivity index (χ2v) is 8.89. The average Bonchev–Trinajstić information content (AvgIpc) is 3.07. The van der Waals surface area contributed by atoms with Crippen LogP contribution in [-0.2, 0) is 21.2 Å². The van der Waals surface area contributed by atoms with Crippen LogP contribution in [0.3, 0.4) is 0 Å². The SMILES string of the molecule is CS(=O)(=O)Nc1cccc(NC(=O)Cc2csc(NC(=O)c3ccc(F)cc3)n2)c1. The number of hydrogen-bond acceptors (Lipinski definition) is 6. The van der Waals surface area contributed by atoms with Crippen molar-refractivity contribution < 1.29 is 22.4 Å². The first kappa shape index (κ1) is 21.4. The number of nitrogens with one attached hydrogen (secondary N) is 3. The van der Waals surface area contributed by atoms with Crippen molar-refractivity contribution in [3.8, 4) is 0 Å². The number of aromatic nitrogens is 1. The first-order valence-electron chi connectivity index (χ1n) is 8.57. The van der Waals surface area contributed by atoms with Crippen molar-refractivity contribution in [3.63, 3.8) is 0 Å². The van der Waals surface area contributed by atoms with Crippen LogP contribution >= 0.6 is 11.3 Å². The zero-order valence-corrected chi connectivity index (χ0v) is 17.3. The van der Waals surface area contributed by atoms with E-state index in [0.29, 0.717) is 22.2 Å². The molecule has 156 valence electrons. The Kier molecular flexibility index (Phi) is 6.43. The normalized spacial score (nSPS) is 11.0. The lowest BCUT2D eigenvalue weighted by Gasteiger charge is -2.08. The summed E-state index contributed by atoms with van der Waals surface area (Å²) in [6.45, 7) is 0. The Bertz CT molecular complexity index is 1180. The molecule has 0 fully saturated rings. The predicted octanol–water partition coefficient (Wildman–Crippen LogP) is 3.09. The fourth-order valence-electron chi connectivity index (χ4n) is 2.46. The van der Waals surface area contributed by atoms with E-state index in [9.17, 15) is 22.4 Å². The Morgan fingerprint density at radius 3 is 2.47 bits per heavy atom. The van der Waals surface area contributed by atoms with Crippen molar-refractivity contribution in [2.75, 3.05) is 21.6 Å². The number of anilines is 3. The van der Waals surface area contributed by atoms with Crippen LogP contribution in [0.25, 0.3) is 0 Å². The highest BCUT2D eigenvalue weighted by Crippen LogP contribution is 2.19. The number of benzene rings is 2. The monoisotopic (exact) mass is 448 g/mol. The molecule has 0 spiro atoms. The van der Waals surface area contributed by atoms with Gasteiger partial charge in [0.15, 0.2) is 5.13 Å². The molecule has 3 aromatic rings. The molecule has 0 saturated heterocycles. The second kappa shape index (κ2) is 9.01. The summed E-state index contributed by atoms with van der Waals surface area (Å²) >= 11 is 1.16. The molecule has 1 heterocycles. The zero-order valence-electron chi connectivity index (χ0n) is 15.7. The molecule has 11 heteroatoms. The molecule has 1 aromatic heterocycles. The molecule has 2 amide bonds. The molecule has 0 saturated carbocycles. The Morgan fingerprint density at radius 2 is 1.77 bits per heavy atom. The molecule has 2 aromatic carbocycles. The van der Waals surface area contributed by atoms with Gasteiger partial charge in [-0.2, -0.15) is 0 Å². The Hall–Kier alpha value is -3.31. The van der Waals surface area contributed by atoms with Crippen LogP contribution in [0.5, 0.6) is 0 Å². The van der Waals surface area contributed by atoms with Crippen molar-refractivity contribution in [3.05, 3.63) is 71.0 Å². The van der Waals surface area contributed by atoms with Gasteiger partial charge in [-0.25, -0.2) is 17.8 Å². The van der Waals surface area contributed by atoms with Crippen molar-refractivity contribution in [2.45, 2.75) is 6.42 Å². The van der Waals surface area contributed by atoms with Gasteiger partial charge >= 0.3 is 0 Å². The summed E-state index contributed by atoms with van der Waals surface area (Å²) in [4.78, 5) is 28.6. The van der Waals surface area contributed by atoms with Crippen LogP contribution in [-0.4, -0.2) is 31.5 Å². The highest BCUT2D eigenvalue weighted by atomic mass is 32.2. The summed E-state index contributed by atoms with van der Waals surface area (Å²) in [7, 11) is -3.42. The third-order valence-corrected chi connectivity index (χ3v) is 5.08. The largest absolute Gasteiger partial charge is 0.326 e. The minimum atomic E-state index is -3.42. The van der Waals surface area contributed by atoms with Crippen LogP contribution in [0.4, 0.5) is 20.9 Å². The third kappa shape index (κ3) is 6.36. The van der Waals surface area contributed by atoms with Gasteiger partial charge in [0.25, 0.3) is 5.91 Å². The van der Waals surface area contributed by atoms with E-state index in [4.69, 9.17) is 0 Å². The Morgan fingerprint density at radius 1 is 1.07 bits per heavy atom. The highest BCUT2D eigenvalue weighted by molar-refractivity contribution is 7.92. The third-order valence-electron chi connectivity index (χ3n) is 3.67. The van der Waals surface area contributed by atoms with Gasteiger partial charge in [0.2, 0.25) is 15.9 Å². The molecule has 0 aliphatic heterocycles. The number of hydrogen-bond donors (Lipinski definition) is 3. The molecule has 0 aliphatic carbocycles. The van der Waals surface area contributed by atoms with Crippen LogP contribution in [0.15, 0.2) is 53.9 Å². The summed E-state index contributed by atoms with van der Waals surface area (Å²) in [6, 6.07) is 11.4. The molecular weight excluding hydrogens is 431 g/mol. The van der Waals surface area contributed by atoms with Crippen LogP contribution in [0, 0.1) is 5.82 Å². The Balaban J connectivity index is 1.58. The van der Waals surface area contributed by atoms with Gasteiger partial charge < -0.3 is 5.32 Å². The maximum Gasteiger partial charge on any atom is 0.257 e. The molecule has 3 N–H and O–H groups in total. The topological polar surface area (TPSA) is 117 Å². The van der Waals surface area contributed by atoms with E-state index in [1.165, 1.54) is 30.3 Å². The van der Waals surface area contributed by atoms with Crippen molar-refractivity contribution in [1.82, 2.24) is 4.98 Å². The van der Waals surface area contributed by atoms with Gasteiger partial charge in [0, 0.05) is 16.6 Å². The van der Waals surface area contributed by atoms with Crippen LogP contribution in [0.1, 0.15) is 16.1 Å². The standard InChI is InChI=1S/C19H17FN4O4S2/c1-30(27,28)24-15-4-2-3-14(9-15)21-17(25)10-16-11-29-19(22-16)23-18(26)12-5-7-13(20)8-6-12/h2-9,11,24H,10H2,1H3,(H,21,25)(H,22,23,26). The van der Waals surface area contributed by atoms with E-state index in [-0.39, 0.29) is 17.9 Å². The van der Waals surface area contributed by atoms with Crippen molar-refractivity contribution in [1.29, 1.82) is 0 Å². The number of carbonyl (C=O) groups excluding carboxylic acids is 2. The highest BCUT2D eigenvalue weighted by Gasteiger charge is 2.12. The Labute approximate surface area is 176 Å². The lowest BCUT2D eigenvalue weighted by atomic mass is 10.2. The summed E-state index contributed by atoms with van der Waals surface area (Å²) in [5.41, 5.74) is 1.49. The molecule has 0 bridgehead atoms. The smallest absolute Gasteiger partial charge is 0.257 e. The molecule has 8 nitrogen and oxygen atoms in total. The predicted molar refractivity (Wildman–Crippen MR) is 114 cm³/mol. The van der Waals surface area contributed by atoms with Crippen LogP contribution < -0.4 is 15.4 Å². The summed E-state index contributed by atoms with van der Waals surface area (Å²) in [5.74, 6) is -1.23. The van der Waals surface area contributed by atoms with Gasteiger partial charge in [-0.1, -0.05) is 6.07 Å². The average molecular weight is 449 g/mol. The number of thiazole rings is 1. The second-order valence-electron chi connectivity index (χ2n) is 6.28. The van der Waals surface area contributed by atoms with E-state index in [1.807, 2.05) is 0 Å². The number of rotatable bonds is 7. The first-order valence-corrected chi connectivity index (χ1v) is 11.3. The quantitative estimate of drug-likeness (QED) is 0.513. The number of sulfonamides is 1. The van der Waals surface area contributed by atoms with E-state index in [2.05, 4.69) is 20.3 Å². The molecule has 3 rings (SSSR count). The number of amides is 2.